The van der Waals surface area contributed by atoms with E-state index in [0.717, 1.165) is 5.69 Å². The second kappa shape index (κ2) is 7.70. The van der Waals surface area contributed by atoms with Gasteiger partial charge in [0.05, 0.1) is 13.2 Å². The van der Waals surface area contributed by atoms with E-state index in [4.69, 9.17) is 9.47 Å². The first-order valence-corrected chi connectivity index (χ1v) is 8.07. The molecule has 3 rings (SSSR count). The van der Waals surface area contributed by atoms with Crippen LogP contribution in [0.15, 0.2) is 54.6 Å². The molecular weight excluding hydrogens is 320 g/mol. The normalized spacial score (nSPS) is 16.6. The molecule has 2 amide bonds. The van der Waals surface area contributed by atoms with Gasteiger partial charge in [-0.05, 0) is 24.3 Å². The van der Waals surface area contributed by atoms with Crippen molar-refractivity contribution in [2.45, 2.75) is 12.5 Å². The molecule has 6 heteroatoms. The topological polar surface area (TPSA) is 67.9 Å². The lowest BCUT2D eigenvalue weighted by atomic mass is 10.2. The minimum absolute atomic E-state index is 0.0254. The van der Waals surface area contributed by atoms with Crippen LogP contribution >= 0.6 is 0 Å². The van der Waals surface area contributed by atoms with E-state index < -0.39 is 0 Å². The van der Waals surface area contributed by atoms with E-state index in [1.54, 1.807) is 30.2 Å². The van der Waals surface area contributed by atoms with Crippen molar-refractivity contribution in [3.63, 3.8) is 0 Å². The molecule has 0 bridgehead atoms. The molecule has 6 nitrogen and oxygen atoms in total. The van der Waals surface area contributed by atoms with Crippen LogP contribution in [0.4, 0.5) is 5.69 Å². The minimum atomic E-state index is -0.242. The van der Waals surface area contributed by atoms with E-state index in [9.17, 15) is 9.59 Å². The quantitative estimate of drug-likeness (QED) is 0.873. The second-order valence-electron chi connectivity index (χ2n) is 5.78. The number of hydrogen-bond donors (Lipinski definition) is 1. The fourth-order valence-corrected chi connectivity index (χ4v) is 2.77. The predicted molar refractivity (Wildman–Crippen MR) is 93.8 cm³/mol. The number of hydrogen-bond acceptors (Lipinski definition) is 4. The molecule has 0 unspecified atom stereocenters. The number of methoxy groups -OCH3 is 1. The third kappa shape index (κ3) is 4.29. The van der Waals surface area contributed by atoms with Crippen molar-refractivity contribution in [3.8, 4) is 11.5 Å². The van der Waals surface area contributed by atoms with Crippen LogP contribution in [0, 0.1) is 0 Å². The van der Waals surface area contributed by atoms with Crippen molar-refractivity contribution < 1.29 is 19.1 Å². The Labute approximate surface area is 146 Å². The van der Waals surface area contributed by atoms with Crippen molar-refractivity contribution in [2.24, 2.45) is 0 Å². The monoisotopic (exact) mass is 340 g/mol. The smallest absolute Gasteiger partial charge is 0.258 e. The van der Waals surface area contributed by atoms with Crippen molar-refractivity contribution in [3.05, 3.63) is 54.6 Å². The number of benzene rings is 2. The molecule has 2 aromatic carbocycles. The van der Waals surface area contributed by atoms with Crippen LogP contribution in [-0.4, -0.2) is 38.1 Å². The van der Waals surface area contributed by atoms with Gasteiger partial charge in [0.25, 0.3) is 5.91 Å². The van der Waals surface area contributed by atoms with Gasteiger partial charge in [-0.2, -0.15) is 0 Å². The van der Waals surface area contributed by atoms with Crippen molar-refractivity contribution in [2.75, 3.05) is 25.2 Å². The Morgan fingerprint density at radius 2 is 1.92 bits per heavy atom. The Balaban J connectivity index is 1.54. The van der Waals surface area contributed by atoms with Crippen LogP contribution in [0.3, 0.4) is 0 Å². The summed E-state index contributed by atoms with van der Waals surface area (Å²) >= 11 is 0. The number of nitrogens with zero attached hydrogens (tertiary/aromatic N) is 1. The molecule has 1 aliphatic heterocycles. The molecule has 130 valence electrons. The number of carbonyl (C=O) groups excluding carboxylic acids is 2. The highest BCUT2D eigenvalue weighted by atomic mass is 16.5. The largest absolute Gasteiger partial charge is 0.497 e. The molecule has 1 aliphatic rings. The molecular formula is C19H20N2O4. The van der Waals surface area contributed by atoms with Gasteiger partial charge < -0.3 is 19.7 Å². The van der Waals surface area contributed by atoms with Gasteiger partial charge in [0, 0.05) is 24.7 Å². The van der Waals surface area contributed by atoms with Crippen LogP contribution in [-0.2, 0) is 9.59 Å². The van der Waals surface area contributed by atoms with Gasteiger partial charge in [0.15, 0.2) is 6.61 Å². The first-order valence-electron chi connectivity index (χ1n) is 8.07. The fraction of sp³-hybridized carbons (Fsp3) is 0.263. The predicted octanol–water partition coefficient (Wildman–Crippen LogP) is 2.00. The summed E-state index contributed by atoms with van der Waals surface area (Å²) in [5, 5.41) is 2.85. The lowest BCUT2D eigenvalue weighted by Gasteiger charge is -2.18. The van der Waals surface area contributed by atoms with Crippen LogP contribution < -0.4 is 19.7 Å². The first-order chi connectivity index (χ1) is 12.2. The van der Waals surface area contributed by atoms with E-state index in [0.29, 0.717) is 18.0 Å². The van der Waals surface area contributed by atoms with Crippen LogP contribution in [0.5, 0.6) is 11.5 Å². The molecule has 1 N–H and O–H groups in total. The number of ether oxygens (including phenoxy) is 2. The molecule has 0 saturated carbocycles. The van der Waals surface area contributed by atoms with Crippen molar-refractivity contribution in [1.82, 2.24) is 5.32 Å². The number of amides is 2. The number of carbonyl (C=O) groups is 2. The van der Waals surface area contributed by atoms with Crippen molar-refractivity contribution in [1.29, 1.82) is 0 Å². The van der Waals surface area contributed by atoms with E-state index in [2.05, 4.69) is 5.32 Å². The molecule has 1 saturated heterocycles. The minimum Gasteiger partial charge on any atom is -0.497 e. The molecule has 0 radical (unpaired) electrons. The zero-order valence-electron chi connectivity index (χ0n) is 14.0. The highest BCUT2D eigenvalue weighted by Gasteiger charge is 2.31. The summed E-state index contributed by atoms with van der Waals surface area (Å²) < 4.78 is 10.6. The Hall–Kier alpha value is -3.02. The molecule has 1 heterocycles. The molecule has 2 aromatic rings. The van der Waals surface area contributed by atoms with Gasteiger partial charge in [0.2, 0.25) is 5.91 Å². The highest BCUT2D eigenvalue weighted by Crippen LogP contribution is 2.25. The van der Waals surface area contributed by atoms with Gasteiger partial charge >= 0.3 is 0 Å². The number of rotatable bonds is 6. The molecule has 25 heavy (non-hydrogen) atoms. The maximum Gasteiger partial charge on any atom is 0.258 e. The lowest BCUT2D eigenvalue weighted by Crippen LogP contribution is -2.39. The zero-order chi connectivity index (χ0) is 17.6. The summed E-state index contributed by atoms with van der Waals surface area (Å²) in [6.45, 7) is 0.358. The fourth-order valence-electron chi connectivity index (χ4n) is 2.77. The third-order valence-electron chi connectivity index (χ3n) is 3.97. The average molecular weight is 340 g/mol. The maximum atomic E-state index is 12.2. The molecule has 0 aliphatic carbocycles. The number of nitrogens with one attached hydrogen (secondary N) is 1. The van der Waals surface area contributed by atoms with E-state index in [1.165, 1.54) is 0 Å². The Kier molecular flexibility index (Phi) is 5.18. The van der Waals surface area contributed by atoms with E-state index in [-0.39, 0.29) is 30.9 Å². The van der Waals surface area contributed by atoms with Gasteiger partial charge in [-0.15, -0.1) is 0 Å². The van der Waals surface area contributed by atoms with Gasteiger partial charge in [0.1, 0.15) is 11.5 Å². The summed E-state index contributed by atoms with van der Waals surface area (Å²) in [5.74, 6) is 1.06. The van der Waals surface area contributed by atoms with Crippen molar-refractivity contribution >= 4 is 17.5 Å². The van der Waals surface area contributed by atoms with Crippen LogP contribution in [0.2, 0.25) is 0 Å². The Morgan fingerprint density at radius 1 is 1.16 bits per heavy atom. The Morgan fingerprint density at radius 3 is 2.68 bits per heavy atom. The summed E-state index contributed by atoms with van der Waals surface area (Å²) in [6, 6.07) is 16.2. The summed E-state index contributed by atoms with van der Waals surface area (Å²) in [5.41, 5.74) is 0.765. The molecule has 1 atom stereocenters. The van der Waals surface area contributed by atoms with Crippen LogP contribution in [0.25, 0.3) is 0 Å². The molecule has 1 fully saturated rings. The summed E-state index contributed by atoms with van der Waals surface area (Å²) in [6.07, 6.45) is 0.272. The SMILES string of the molecule is COc1cccc(N2C[C@H](NC(=O)COc3ccccc3)CC2=O)c1. The average Bonchev–Trinajstić information content (AvgIpc) is 3.01. The van der Waals surface area contributed by atoms with Crippen LogP contribution in [0.1, 0.15) is 6.42 Å². The summed E-state index contributed by atoms with van der Waals surface area (Å²) in [4.78, 5) is 25.9. The third-order valence-corrected chi connectivity index (χ3v) is 3.97. The number of anilines is 1. The van der Waals surface area contributed by atoms with Gasteiger partial charge in [-0.3, -0.25) is 9.59 Å². The zero-order valence-corrected chi connectivity index (χ0v) is 14.0. The Bertz CT molecular complexity index is 748. The second-order valence-corrected chi connectivity index (χ2v) is 5.78. The molecule has 0 spiro atoms. The standard InChI is InChI=1S/C19H20N2O4/c1-24-17-9-5-6-15(11-17)21-12-14(10-19(21)23)20-18(22)13-25-16-7-3-2-4-8-16/h2-9,11,14H,10,12-13H2,1H3,(H,20,22)/t14-/m1/s1. The summed E-state index contributed by atoms with van der Waals surface area (Å²) in [7, 11) is 1.58. The van der Waals surface area contributed by atoms with Gasteiger partial charge in [-0.25, -0.2) is 0 Å². The number of para-hydroxylation sites is 1. The lowest BCUT2D eigenvalue weighted by molar-refractivity contribution is -0.123. The highest BCUT2D eigenvalue weighted by molar-refractivity contribution is 5.97. The maximum absolute atomic E-state index is 12.2. The van der Waals surface area contributed by atoms with E-state index >= 15 is 0 Å². The first kappa shape index (κ1) is 16.8. The molecule has 0 aromatic heterocycles. The van der Waals surface area contributed by atoms with E-state index in [1.807, 2.05) is 36.4 Å². The van der Waals surface area contributed by atoms with Gasteiger partial charge in [-0.1, -0.05) is 24.3 Å².